The second-order valence-corrected chi connectivity index (χ2v) is 8.51. The van der Waals surface area contributed by atoms with Crippen LogP contribution in [0.15, 0.2) is 71.7 Å². The van der Waals surface area contributed by atoms with E-state index in [4.69, 9.17) is 11.6 Å². The van der Waals surface area contributed by atoms with Gasteiger partial charge in [0.25, 0.3) is 11.5 Å². The quantitative estimate of drug-likeness (QED) is 0.478. The molecule has 0 spiro atoms. The Kier molecular flexibility index (Phi) is 7.66. The molecule has 2 amide bonds. The Balaban J connectivity index is 1.64. The van der Waals surface area contributed by atoms with E-state index in [0.29, 0.717) is 5.02 Å². The van der Waals surface area contributed by atoms with Gasteiger partial charge in [0.05, 0.1) is 6.61 Å². The molecule has 8 nitrogen and oxygen atoms in total. The summed E-state index contributed by atoms with van der Waals surface area (Å²) in [6, 6.07) is 14.0. The van der Waals surface area contributed by atoms with Crippen LogP contribution in [0.5, 0.6) is 5.75 Å². The van der Waals surface area contributed by atoms with Gasteiger partial charge in [0.2, 0.25) is 5.91 Å². The Bertz CT molecular complexity index is 1300. The number of pyridine rings is 1. The topological polar surface area (TPSA) is 101 Å². The molecule has 2 N–H and O–H groups in total. The number of hydrogen-bond acceptors (Lipinski definition) is 5. The zero-order chi connectivity index (χ0) is 25.8. The third-order valence-electron chi connectivity index (χ3n) is 5.87. The van der Waals surface area contributed by atoms with Gasteiger partial charge in [-0.1, -0.05) is 23.7 Å². The predicted octanol–water partition coefficient (Wildman–Crippen LogP) is 3.02. The number of aromatic nitrogens is 1. The third kappa shape index (κ3) is 5.39. The van der Waals surface area contributed by atoms with Crippen LogP contribution >= 0.6 is 11.6 Å². The van der Waals surface area contributed by atoms with Crippen molar-refractivity contribution in [2.45, 2.75) is 25.1 Å². The highest BCUT2D eigenvalue weighted by Gasteiger charge is 2.43. The second kappa shape index (κ2) is 10.9. The third-order valence-corrected chi connectivity index (χ3v) is 6.12. The number of halogens is 3. The minimum atomic E-state index is -2.99. The molecule has 36 heavy (non-hydrogen) atoms. The normalized spacial score (nSPS) is 17.5. The summed E-state index contributed by atoms with van der Waals surface area (Å²) >= 11 is 6.02. The predicted molar refractivity (Wildman–Crippen MR) is 129 cm³/mol. The summed E-state index contributed by atoms with van der Waals surface area (Å²) in [6.45, 7) is -3.05. The van der Waals surface area contributed by atoms with E-state index < -0.39 is 35.9 Å². The first kappa shape index (κ1) is 25.3. The highest BCUT2D eigenvalue weighted by atomic mass is 35.5. The molecule has 3 aromatic rings. The van der Waals surface area contributed by atoms with Crippen molar-refractivity contribution in [1.82, 2.24) is 9.88 Å². The van der Waals surface area contributed by atoms with Crippen LogP contribution in [0.4, 0.5) is 14.5 Å². The number of amides is 2. The maximum atomic E-state index is 13.5. The zero-order valence-electron chi connectivity index (χ0n) is 18.8. The molecule has 1 aliphatic heterocycles. The lowest BCUT2D eigenvalue weighted by molar-refractivity contribution is -0.118. The first-order valence-corrected chi connectivity index (χ1v) is 11.4. The number of rotatable bonds is 8. The SMILES string of the molecule is O=C(N[C@@H]1C(=O)N(c2cccn(CCO)c2=O)C[C@H]1c1ccc(Cl)cc1)c1ccc(OC(F)F)cc1. The van der Waals surface area contributed by atoms with Crippen LogP contribution in [-0.2, 0) is 11.3 Å². The van der Waals surface area contributed by atoms with Crippen molar-refractivity contribution in [2.75, 3.05) is 18.1 Å². The Morgan fingerprint density at radius 1 is 1.11 bits per heavy atom. The van der Waals surface area contributed by atoms with E-state index >= 15 is 0 Å². The van der Waals surface area contributed by atoms with Crippen molar-refractivity contribution in [3.8, 4) is 5.75 Å². The number of nitrogens with zero attached hydrogens (tertiary/aromatic N) is 2. The van der Waals surface area contributed by atoms with Gasteiger partial charge in [-0.15, -0.1) is 0 Å². The van der Waals surface area contributed by atoms with Crippen LogP contribution in [0.1, 0.15) is 21.8 Å². The molecule has 2 aromatic carbocycles. The van der Waals surface area contributed by atoms with Gasteiger partial charge >= 0.3 is 6.61 Å². The lowest BCUT2D eigenvalue weighted by Gasteiger charge is -2.19. The largest absolute Gasteiger partial charge is 0.435 e. The van der Waals surface area contributed by atoms with Crippen LogP contribution in [-0.4, -0.2) is 47.3 Å². The van der Waals surface area contributed by atoms with Gasteiger partial charge in [-0.3, -0.25) is 14.4 Å². The number of hydrogen-bond donors (Lipinski definition) is 2. The minimum Gasteiger partial charge on any atom is -0.435 e. The number of nitrogens with one attached hydrogen (secondary N) is 1. The molecule has 11 heteroatoms. The smallest absolute Gasteiger partial charge is 0.387 e. The molecular weight excluding hydrogens is 496 g/mol. The number of ether oxygens (including phenoxy) is 1. The summed E-state index contributed by atoms with van der Waals surface area (Å²) in [5.74, 6) is -1.69. The van der Waals surface area contributed by atoms with Crippen LogP contribution in [0.2, 0.25) is 5.02 Å². The standard InChI is InChI=1S/C25H22ClF2N3O5/c26-17-7-3-15(4-8-17)19-14-31(20-2-1-11-30(12-13-32)23(20)34)24(35)21(19)29-22(33)16-5-9-18(10-6-16)36-25(27)28/h1-11,19,21,25,32H,12-14H2,(H,29,33)/t19-,21-/m0/s1. The molecule has 1 fully saturated rings. The van der Waals surface area contributed by atoms with Gasteiger partial charge in [-0.2, -0.15) is 8.78 Å². The van der Waals surface area contributed by atoms with E-state index in [2.05, 4.69) is 10.1 Å². The second-order valence-electron chi connectivity index (χ2n) is 8.08. The molecule has 0 unspecified atom stereocenters. The Hall–Kier alpha value is -3.76. The van der Waals surface area contributed by atoms with Crippen molar-refractivity contribution >= 4 is 29.1 Å². The average molecular weight is 518 g/mol. The molecule has 1 saturated heterocycles. The van der Waals surface area contributed by atoms with Crippen molar-refractivity contribution in [2.24, 2.45) is 0 Å². The fraction of sp³-hybridized carbons (Fsp3) is 0.240. The number of anilines is 1. The van der Waals surface area contributed by atoms with Gasteiger partial charge in [-0.05, 0) is 54.1 Å². The Labute approximate surface area is 209 Å². The van der Waals surface area contributed by atoms with Crippen LogP contribution in [0.25, 0.3) is 0 Å². The summed E-state index contributed by atoms with van der Waals surface area (Å²) in [7, 11) is 0. The molecule has 0 aliphatic carbocycles. The fourth-order valence-corrected chi connectivity index (χ4v) is 4.27. The maximum Gasteiger partial charge on any atom is 0.387 e. The Morgan fingerprint density at radius 3 is 2.44 bits per heavy atom. The molecule has 4 rings (SSSR count). The summed E-state index contributed by atoms with van der Waals surface area (Å²) in [5.41, 5.74) is 0.548. The lowest BCUT2D eigenvalue weighted by atomic mass is 9.94. The molecule has 0 radical (unpaired) electrons. The van der Waals surface area contributed by atoms with E-state index in [0.717, 1.165) is 5.56 Å². The van der Waals surface area contributed by atoms with E-state index in [1.807, 2.05) is 0 Å². The lowest BCUT2D eigenvalue weighted by Crippen LogP contribution is -2.44. The number of aliphatic hydroxyl groups is 1. The van der Waals surface area contributed by atoms with Crippen LogP contribution in [0, 0.1) is 0 Å². The monoisotopic (exact) mass is 517 g/mol. The summed E-state index contributed by atoms with van der Waals surface area (Å²) in [6.07, 6.45) is 1.51. The van der Waals surface area contributed by atoms with Crippen molar-refractivity contribution in [3.63, 3.8) is 0 Å². The molecule has 1 aromatic heterocycles. The van der Waals surface area contributed by atoms with Crippen molar-refractivity contribution in [1.29, 1.82) is 0 Å². The number of carbonyl (C=O) groups is 2. The van der Waals surface area contributed by atoms with Gasteiger partial charge in [-0.25, -0.2) is 0 Å². The number of benzene rings is 2. The molecule has 0 saturated carbocycles. The highest BCUT2D eigenvalue weighted by Crippen LogP contribution is 2.32. The van der Waals surface area contributed by atoms with Gasteiger partial charge in [0.1, 0.15) is 17.5 Å². The summed E-state index contributed by atoms with van der Waals surface area (Å²) in [4.78, 5) is 40.7. The van der Waals surface area contributed by atoms with E-state index in [1.165, 1.54) is 46.0 Å². The van der Waals surface area contributed by atoms with E-state index in [9.17, 15) is 28.3 Å². The average Bonchev–Trinajstić information content (AvgIpc) is 3.17. The number of alkyl halides is 2. The molecule has 188 valence electrons. The van der Waals surface area contributed by atoms with Gasteiger partial charge < -0.3 is 24.6 Å². The first-order valence-electron chi connectivity index (χ1n) is 11.0. The van der Waals surface area contributed by atoms with Crippen LogP contribution in [0.3, 0.4) is 0 Å². The molecular formula is C25H22ClF2N3O5. The van der Waals surface area contributed by atoms with Crippen molar-refractivity contribution < 1.29 is 28.2 Å². The van der Waals surface area contributed by atoms with Crippen LogP contribution < -0.4 is 20.5 Å². The van der Waals surface area contributed by atoms with E-state index in [-0.39, 0.29) is 36.7 Å². The van der Waals surface area contributed by atoms with Crippen molar-refractivity contribution in [3.05, 3.63) is 93.4 Å². The Morgan fingerprint density at radius 2 is 1.81 bits per heavy atom. The molecule has 0 bridgehead atoms. The summed E-state index contributed by atoms with van der Waals surface area (Å²) < 4.78 is 30.4. The number of aliphatic hydroxyl groups excluding tert-OH is 1. The van der Waals surface area contributed by atoms with Gasteiger partial charge in [0.15, 0.2) is 0 Å². The van der Waals surface area contributed by atoms with Gasteiger partial charge in [0, 0.05) is 35.8 Å². The minimum absolute atomic E-state index is 0.0702. The fourth-order valence-electron chi connectivity index (χ4n) is 4.15. The summed E-state index contributed by atoms with van der Waals surface area (Å²) in [5, 5.41) is 12.5. The van der Waals surface area contributed by atoms with E-state index in [1.54, 1.807) is 30.3 Å². The zero-order valence-corrected chi connectivity index (χ0v) is 19.6. The molecule has 2 atom stereocenters. The molecule has 2 heterocycles. The maximum absolute atomic E-state index is 13.5. The first-order chi connectivity index (χ1) is 17.3. The highest BCUT2D eigenvalue weighted by molar-refractivity contribution is 6.30. The molecule has 1 aliphatic rings. The number of carbonyl (C=O) groups excluding carboxylic acids is 2.